The van der Waals surface area contributed by atoms with Crippen LogP contribution in [0.3, 0.4) is 0 Å². The number of thioether (sulfide) groups is 1. The first-order valence-corrected chi connectivity index (χ1v) is 23.4. The van der Waals surface area contributed by atoms with Gasteiger partial charge in [-0.05, 0) is 94.1 Å². The van der Waals surface area contributed by atoms with Crippen molar-refractivity contribution in [3.05, 3.63) is 23.8 Å². The van der Waals surface area contributed by atoms with Gasteiger partial charge in [0.15, 0.2) is 17.2 Å². The van der Waals surface area contributed by atoms with E-state index in [0.29, 0.717) is 24.8 Å². The van der Waals surface area contributed by atoms with Crippen molar-refractivity contribution in [2.75, 3.05) is 24.7 Å². The van der Waals surface area contributed by atoms with E-state index in [2.05, 4.69) is 21.3 Å². The molecule has 12 atom stereocenters. The Hall–Kier alpha value is -3.71. The molecule has 0 saturated heterocycles. The number of primary amides is 1. The third kappa shape index (κ3) is 10.7. The lowest BCUT2D eigenvalue weighted by atomic mass is 9.44. The lowest BCUT2D eigenvalue weighted by Gasteiger charge is -2.62. The van der Waals surface area contributed by atoms with E-state index < -0.39 is 119 Å². The van der Waals surface area contributed by atoms with Crippen molar-refractivity contribution in [1.29, 1.82) is 0 Å². The molecule has 0 aromatic rings. The zero-order chi connectivity index (χ0) is 47.2. The molecule has 0 aromatic carbocycles. The molecule has 16 nitrogen and oxygen atoms in total. The number of fused-ring (bicyclic) bond motifs is 5. The first-order valence-electron chi connectivity index (χ1n) is 22.3. The fourth-order valence-electron chi connectivity index (χ4n) is 10.9. The number of nitrogens with two attached hydrogens (primary N) is 1. The van der Waals surface area contributed by atoms with Crippen molar-refractivity contribution in [3.63, 3.8) is 0 Å². The van der Waals surface area contributed by atoms with Gasteiger partial charge in [-0.15, -0.1) is 0 Å². The minimum atomic E-state index is -2.10. The Morgan fingerprint density at radius 1 is 0.873 bits per heavy atom. The summed E-state index contributed by atoms with van der Waals surface area (Å²) in [4.78, 5) is 91.5. The quantitative estimate of drug-likeness (QED) is 0.0696. The van der Waals surface area contributed by atoms with Crippen LogP contribution in [0.2, 0.25) is 0 Å². The molecule has 0 radical (unpaired) electrons. The Bertz CT molecular complexity index is 1810. The molecule has 18 heteroatoms. The minimum Gasteiger partial charge on any atom is -0.396 e. The molecule has 4 aliphatic carbocycles. The number of aliphatic hydroxyl groups excluding tert-OH is 3. The number of carbonyl (C=O) groups is 7. The number of amides is 5. The first kappa shape index (κ1) is 51.9. The molecule has 5 amide bonds. The lowest BCUT2D eigenvalue weighted by Crippen LogP contribution is -2.69. The van der Waals surface area contributed by atoms with Gasteiger partial charge in [0.1, 0.15) is 29.8 Å². The summed E-state index contributed by atoms with van der Waals surface area (Å²) >= 11 is 1.14. The van der Waals surface area contributed by atoms with Gasteiger partial charge in [0.25, 0.3) is 0 Å². The predicted molar refractivity (Wildman–Crippen MR) is 234 cm³/mol. The van der Waals surface area contributed by atoms with Crippen LogP contribution in [-0.4, -0.2) is 128 Å². The summed E-state index contributed by atoms with van der Waals surface area (Å²) in [6.07, 6.45) is 3.83. The van der Waals surface area contributed by atoms with Crippen molar-refractivity contribution in [2.45, 2.75) is 148 Å². The van der Waals surface area contributed by atoms with Crippen molar-refractivity contribution >= 4 is 52.9 Å². The molecule has 354 valence electrons. The van der Waals surface area contributed by atoms with Crippen LogP contribution in [0.15, 0.2) is 23.8 Å². The van der Waals surface area contributed by atoms with Crippen LogP contribution in [0.25, 0.3) is 0 Å². The number of hydrogen-bond acceptors (Lipinski definition) is 12. The third-order valence-corrected chi connectivity index (χ3v) is 15.1. The number of ketones is 2. The standard InChI is InChI=1S/C45H70FN5O11S/c1-24(2)18-33(40(60)50-32(12-16-53)39(59)51-34(19-25(3)4)41(61)49-31(11-15-52)38(47)58)48-37(57)13-17-63-23-36(56)45(62)26(5)20-30-29-9-8-27-21-28(54)10-14-42(27,6)44(29,46)35(55)22-43(30,45)7/h10,14,21,24-26,29-35,52-53,55,62H,8-9,11-13,15-20,22-23H2,1-7H3,(H2,47,58)(H,48,57)(H,49,61)(H,50,60)(H,51,59)/t26-,29+,30+,31+,32+,33+,34+,35+,42+,43+,44+,45+/m1/s1. The van der Waals surface area contributed by atoms with Gasteiger partial charge in [-0.1, -0.05) is 53.2 Å². The van der Waals surface area contributed by atoms with Crippen LogP contribution < -0.4 is 27.0 Å². The first-order chi connectivity index (χ1) is 29.4. The van der Waals surface area contributed by atoms with E-state index in [0.717, 1.165) is 11.8 Å². The molecule has 0 spiro atoms. The van der Waals surface area contributed by atoms with Gasteiger partial charge in [0.05, 0.1) is 11.9 Å². The molecule has 0 bridgehead atoms. The molecule has 10 N–H and O–H groups in total. The highest BCUT2D eigenvalue weighted by molar-refractivity contribution is 7.99. The zero-order valence-electron chi connectivity index (χ0n) is 37.7. The van der Waals surface area contributed by atoms with Crippen LogP contribution in [0.5, 0.6) is 0 Å². The van der Waals surface area contributed by atoms with Crippen molar-refractivity contribution in [2.24, 2.45) is 46.2 Å². The molecule has 63 heavy (non-hydrogen) atoms. The third-order valence-electron chi connectivity index (χ3n) is 14.2. The largest absolute Gasteiger partial charge is 0.396 e. The van der Waals surface area contributed by atoms with Gasteiger partial charge < -0.3 is 47.4 Å². The molecule has 3 fully saturated rings. The number of nitrogens with one attached hydrogen (secondary N) is 4. The number of carbonyl (C=O) groups excluding carboxylic acids is 7. The summed E-state index contributed by atoms with van der Waals surface area (Å²) in [5.74, 6) is -6.04. The molecule has 0 unspecified atom stereocenters. The van der Waals surface area contributed by atoms with Gasteiger partial charge in [-0.25, -0.2) is 4.39 Å². The van der Waals surface area contributed by atoms with E-state index in [9.17, 15) is 54.0 Å². The SMILES string of the molecule is CC(C)C[C@H](NC(=O)CCSCC(=O)[C@@]1(O)[C@H](C)C[C@H]2[C@@H]3CCC4=CC(=O)C=C[C@]4(C)[C@@]3(F)[C@@H](O)C[C@@]21C)C(=O)N[C@@H](CCO)C(=O)N[C@@H](CC(C)C)C(=O)N[C@@H](CCO)C(N)=O. The molecule has 4 aliphatic rings. The molecule has 0 aliphatic heterocycles. The highest BCUT2D eigenvalue weighted by Gasteiger charge is 2.75. The fourth-order valence-corrected chi connectivity index (χ4v) is 11.8. The molecule has 0 heterocycles. The Balaban J connectivity index is 1.37. The van der Waals surface area contributed by atoms with Crippen molar-refractivity contribution in [3.8, 4) is 0 Å². The number of hydrogen-bond donors (Lipinski definition) is 9. The number of allylic oxidation sites excluding steroid dienone is 4. The summed E-state index contributed by atoms with van der Waals surface area (Å²) in [6, 6.07) is -4.71. The highest BCUT2D eigenvalue weighted by atomic mass is 32.2. The highest BCUT2D eigenvalue weighted by Crippen LogP contribution is 2.70. The second-order valence-electron chi connectivity index (χ2n) is 19.4. The average molecular weight is 908 g/mol. The Kier molecular flexibility index (Phi) is 17.4. The van der Waals surface area contributed by atoms with E-state index in [1.165, 1.54) is 12.2 Å². The van der Waals surface area contributed by atoms with Crippen LogP contribution >= 0.6 is 11.8 Å². The molecule has 4 rings (SSSR count). The van der Waals surface area contributed by atoms with Crippen LogP contribution in [0.4, 0.5) is 4.39 Å². The van der Waals surface area contributed by atoms with E-state index in [1.807, 2.05) is 27.7 Å². The van der Waals surface area contributed by atoms with E-state index in [1.54, 1.807) is 26.8 Å². The molecular weight excluding hydrogens is 838 g/mol. The van der Waals surface area contributed by atoms with Crippen LogP contribution in [0.1, 0.15) is 106 Å². The second kappa shape index (κ2) is 21.1. The summed E-state index contributed by atoms with van der Waals surface area (Å²) in [7, 11) is 0. The number of alkyl halides is 1. The van der Waals surface area contributed by atoms with Crippen LogP contribution in [-0.2, 0) is 33.6 Å². The molecular formula is C45H70FN5O11S. The fraction of sp³-hybridized carbons (Fsp3) is 0.756. The monoisotopic (exact) mass is 907 g/mol. The Labute approximate surface area is 374 Å². The van der Waals surface area contributed by atoms with Gasteiger partial charge in [-0.3, -0.25) is 33.6 Å². The van der Waals surface area contributed by atoms with E-state index in [-0.39, 0.29) is 67.6 Å². The number of rotatable bonds is 22. The maximum atomic E-state index is 17.6. The van der Waals surface area contributed by atoms with Gasteiger partial charge >= 0.3 is 0 Å². The van der Waals surface area contributed by atoms with Crippen molar-refractivity contribution in [1.82, 2.24) is 21.3 Å². The maximum absolute atomic E-state index is 17.6. The van der Waals surface area contributed by atoms with Crippen molar-refractivity contribution < 1.29 is 58.4 Å². The van der Waals surface area contributed by atoms with Gasteiger partial charge in [0, 0.05) is 42.1 Å². The summed E-state index contributed by atoms with van der Waals surface area (Å²) in [5, 5.41) is 53.4. The van der Waals surface area contributed by atoms with Crippen LogP contribution in [0, 0.1) is 40.4 Å². The summed E-state index contributed by atoms with van der Waals surface area (Å²) in [5.41, 5.74) is -0.299. The Morgan fingerprint density at radius 3 is 1.98 bits per heavy atom. The smallest absolute Gasteiger partial charge is 0.243 e. The van der Waals surface area contributed by atoms with E-state index in [4.69, 9.17) is 5.73 Å². The van der Waals surface area contributed by atoms with Gasteiger partial charge in [0.2, 0.25) is 29.5 Å². The minimum absolute atomic E-state index is 0.0760. The molecule has 0 aromatic heterocycles. The number of aliphatic hydroxyl groups is 4. The molecule has 3 saturated carbocycles. The second-order valence-corrected chi connectivity index (χ2v) is 20.5. The normalized spacial score (nSPS) is 31.7. The summed E-state index contributed by atoms with van der Waals surface area (Å²) < 4.78 is 17.6. The maximum Gasteiger partial charge on any atom is 0.243 e. The van der Waals surface area contributed by atoms with Gasteiger partial charge in [-0.2, -0.15) is 11.8 Å². The average Bonchev–Trinajstić information content (AvgIpc) is 3.40. The summed E-state index contributed by atoms with van der Waals surface area (Å²) in [6.45, 7) is 11.6. The predicted octanol–water partition coefficient (Wildman–Crippen LogP) is 1.31. The number of Topliss-reactive ketones (excluding diaryl/α,β-unsaturated/α-hetero) is 1. The van der Waals surface area contributed by atoms with E-state index >= 15 is 4.39 Å². The topological polar surface area (TPSA) is 275 Å². The number of halogens is 1. The Morgan fingerprint density at radius 2 is 1.41 bits per heavy atom. The zero-order valence-corrected chi connectivity index (χ0v) is 38.5. The lowest BCUT2D eigenvalue weighted by molar-refractivity contribution is -0.218.